The maximum Gasteiger partial charge on any atom is 0.200 e. The second-order valence-electron chi connectivity index (χ2n) is 14.0. The van der Waals surface area contributed by atoms with Crippen LogP contribution in [0.4, 0.5) is 93.5 Å². The third-order valence-corrected chi connectivity index (χ3v) is 10.2. The van der Waals surface area contributed by atoms with Gasteiger partial charge in [0.1, 0.15) is 58.4 Å². The molecule has 0 fully saturated rings. The topological polar surface area (TPSA) is 65.5 Å². The Morgan fingerprint density at radius 1 is 0.441 bits per heavy atom. The van der Waals surface area contributed by atoms with Crippen molar-refractivity contribution in [2.24, 2.45) is 5.11 Å². The third kappa shape index (κ3) is 8.39. The molecule has 0 aliphatic rings. The molecule has 68 heavy (non-hydrogen) atoms. The van der Waals surface area contributed by atoms with Crippen molar-refractivity contribution in [3.63, 3.8) is 0 Å². The Hall–Kier alpha value is -7.63. The summed E-state index contributed by atoms with van der Waals surface area (Å²) < 4.78 is 296. The van der Waals surface area contributed by atoms with Crippen LogP contribution in [-0.2, 0) is 13.0 Å². The number of nitrogens with zero attached hydrogens (tertiary/aromatic N) is 5. The molecule has 1 aromatic heterocycles. The van der Waals surface area contributed by atoms with Gasteiger partial charge in [-0.2, -0.15) is 4.57 Å². The molecule has 352 valence electrons. The van der Waals surface area contributed by atoms with Crippen LogP contribution < -0.4 is 26.4 Å². The number of hydrogen-bond acceptors (Lipinski definition) is 2. The van der Waals surface area contributed by atoms with Gasteiger partial charge in [0.2, 0.25) is 0 Å². The molecule has 26 heteroatoms. The summed E-state index contributed by atoms with van der Waals surface area (Å²) in [6.45, 7) is 0.815. The van der Waals surface area contributed by atoms with Gasteiger partial charge >= 0.3 is 0 Å². The van der Waals surface area contributed by atoms with Crippen LogP contribution >= 0.6 is 0 Å². The van der Waals surface area contributed by atoms with Gasteiger partial charge in [0.15, 0.2) is 88.7 Å². The Morgan fingerprint density at radius 2 is 0.779 bits per heavy atom. The minimum Gasteiger partial charge on any atom is -0.248 e. The van der Waals surface area contributed by atoms with Gasteiger partial charge in [-0.05, 0) is 17.2 Å². The lowest BCUT2D eigenvalue weighted by atomic mass is 9.12. The predicted molar refractivity (Wildman–Crippen MR) is 197 cm³/mol. The lowest BCUT2D eigenvalue weighted by molar-refractivity contribution is -0.689. The summed E-state index contributed by atoms with van der Waals surface area (Å²) in [4.78, 5) is 7.25. The minimum atomic E-state index is -7.22. The lowest BCUT2D eigenvalue weighted by Gasteiger charge is -2.44. The van der Waals surface area contributed by atoms with Gasteiger partial charge in [-0.3, -0.25) is 0 Å². The van der Waals surface area contributed by atoms with Crippen LogP contribution in [0.5, 0.6) is 0 Å². The Labute approximate surface area is 365 Å². The van der Waals surface area contributed by atoms with Gasteiger partial charge in [0.25, 0.3) is 0 Å². The molecule has 0 aliphatic carbocycles. The van der Waals surface area contributed by atoms with Crippen molar-refractivity contribution >= 4 is 33.7 Å². The van der Waals surface area contributed by atoms with Crippen molar-refractivity contribution < 1.29 is 92.4 Å². The first-order valence-electron chi connectivity index (χ1n) is 18.3. The quantitative estimate of drug-likeness (QED) is 0.0208. The number of benzene rings is 6. The highest BCUT2D eigenvalue weighted by molar-refractivity contribution is 7.20. The number of rotatable bonds is 9. The number of hydrogen-bond donors (Lipinski definition) is 0. The van der Waals surface area contributed by atoms with E-state index in [9.17, 15) is 52.7 Å². The normalized spacial score (nSPS) is 11.4. The zero-order chi connectivity index (χ0) is 50.3. The van der Waals surface area contributed by atoms with Crippen molar-refractivity contribution in [2.45, 2.75) is 13.0 Å². The fourth-order valence-corrected chi connectivity index (χ4v) is 7.33. The largest absolute Gasteiger partial charge is 0.248 e. The van der Waals surface area contributed by atoms with E-state index in [2.05, 4.69) is 31.7 Å². The molecule has 1 heterocycles. The number of azide groups is 1. The molecule has 0 N–H and O–H groups in total. The van der Waals surface area contributed by atoms with E-state index < -0.39 is 144 Å². The van der Waals surface area contributed by atoms with Gasteiger partial charge in [0.05, 0.1) is 6.20 Å². The fraction of sp³-hybridized carbons (Fsp3) is 0.0476. The maximum atomic E-state index is 15.4. The van der Waals surface area contributed by atoms with Crippen LogP contribution in [0.1, 0.15) is 16.8 Å². The van der Waals surface area contributed by atoms with Gasteiger partial charge in [-0.25, -0.2) is 92.8 Å². The molecule has 0 spiro atoms. The molecule has 7 rings (SSSR count). The molecule has 7 aromatic rings. The SMILES string of the molecule is Fc1c(F)c(F)c([B-](c2c(F)c(F)c(F)c(F)c2F)(c2c(F)c(F)c(F)c(F)c2F)c2c(F)c(F)c(F)c(F)c2F)c(F)c1F.[N-]=[N+]=Nc1cccc(Cc2c[n+](Cc3ccccc3)ccn2)c1. The molecule has 0 atom stereocenters. The summed E-state index contributed by atoms with van der Waals surface area (Å²) in [6, 6.07) is 17.9. The maximum absolute atomic E-state index is 15.4. The molecule has 5 nitrogen and oxygen atoms in total. The molecule has 0 amide bonds. The van der Waals surface area contributed by atoms with Gasteiger partial charge in [-0.15, -0.1) is 21.9 Å². The molecular weight excluding hydrogens is 965 g/mol. The number of aromatic nitrogens is 2. The molecule has 0 bridgehead atoms. The average molecular weight is 981 g/mol. The first-order chi connectivity index (χ1) is 32.0. The van der Waals surface area contributed by atoms with Crippen LogP contribution in [0.3, 0.4) is 0 Å². The summed E-state index contributed by atoms with van der Waals surface area (Å²) in [5.41, 5.74) is -1.89. The highest BCUT2D eigenvalue weighted by Crippen LogP contribution is 2.31. The Balaban J connectivity index is 0.000000276. The second-order valence-corrected chi connectivity index (χ2v) is 14.0. The molecule has 0 aliphatic heterocycles. The zero-order valence-corrected chi connectivity index (χ0v) is 32.7. The molecule has 0 radical (unpaired) electrons. The Kier molecular flexibility index (Phi) is 14.1. The van der Waals surface area contributed by atoms with Crippen LogP contribution in [0.15, 0.2) is 78.3 Å². The van der Waals surface area contributed by atoms with E-state index in [1.54, 1.807) is 6.07 Å². The van der Waals surface area contributed by atoms with E-state index in [4.69, 9.17) is 5.53 Å². The van der Waals surface area contributed by atoms with Crippen LogP contribution in [0, 0.1) is 116 Å². The molecule has 0 unspecified atom stereocenters. The zero-order valence-electron chi connectivity index (χ0n) is 32.7. The highest BCUT2D eigenvalue weighted by atomic mass is 19.2. The van der Waals surface area contributed by atoms with E-state index in [0.717, 1.165) is 17.8 Å². The average Bonchev–Trinajstić information content (AvgIpc) is 3.32. The summed E-state index contributed by atoms with van der Waals surface area (Å²) in [5.74, 6) is -71.4. The Morgan fingerprint density at radius 3 is 1.13 bits per heavy atom. The lowest BCUT2D eigenvalue weighted by Crippen LogP contribution is -2.81. The van der Waals surface area contributed by atoms with Crippen molar-refractivity contribution in [1.29, 1.82) is 0 Å². The van der Waals surface area contributed by atoms with Gasteiger partial charge < -0.3 is 0 Å². The van der Waals surface area contributed by atoms with Crippen molar-refractivity contribution in [1.82, 2.24) is 4.98 Å². The molecule has 0 saturated heterocycles. The van der Waals surface area contributed by atoms with E-state index in [1.165, 1.54) is 5.56 Å². The number of halogens is 20. The monoisotopic (exact) mass is 981 g/mol. The smallest absolute Gasteiger partial charge is 0.200 e. The standard InChI is InChI=1S/C24BF20.C18H16N5/c26-5-1(6(27)14(35)21(42)13(5)34)25(2-7(28)15(36)22(43)16(37)8(2)29,3-9(30)17(38)23(44)18(39)10(3)31)4-11(32)19(40)24(45)20(41)12(4)33;19-22-21-17-8-4-7-16(11-17)12-18-14-23(10-9-20-18)13-15-5-2-1-3-6-15/h;1-11,14H,12-13H2/q-1;+1. The fourth-order valence-electron chi connectivity index (χ4n) is 7.33. The second kappa shape index (κ2) is 19.3. The van der Waals surface area contributed by atoms with Crippen molar-refractivity contribution in [3.05, 3.63) is 217 Å². The van der Waals surface area contributed by atoms with Crippen LogP contribution in [-0.4, -0.2) is 11.1 Å². The predicted octanol–water partition coefficient (Wildman–Crippen LogP) is 9.80. The summed E-state index contributed by atoms with van der Waals surface area (Å²) in [5, 5.41) is 3.64. The van der Waals surface area contributed by atoms with E-state index in [-0.39, 0.29) is 0 Å². The van der Waals surface area contributed by atoms with E-state index >= 15 is 35.1 Å². The summed E-state index contributed by atoms with van der Waals surface area (Å²) in [6.07, 6.45) is -0.689. The molecule has 6 aromatic carbocycles. The minimum absolute atomic E-state index is 0.623. The van der Waals surface area contributed by atoms with E-state index in [1.807, 2.05) is 55.0 Å². The van der Waals surface area contributed by atoms with Gasteiger partial charge in [0, 0.05) is 22.6 Å². The first kappa shape index (κ1) is 49.8. The van der Waals surface area contributed by atoms with E-state index in [0.29, 0.717) is 12.1 Å². The van der Waals surface area contributed by atoms with Crippen LogP contribution in [0.25, 0.3) is 10.4 Å². The van der Waals surface area contributed by atoms with Crippen molar-refractivity contribution in [3.8, 4) is 0 Å². The Bertz CT molecular complexity index is 2820. The summed E-state index contributed by atoms with van der Waals surface area (Å²) >= 11 is 0. The highest BCUT2D eigenvalue weighted by Gasteiger charge is 2.52. The summed E-state index contributed by atoms with van der Waals surface area (Å²) in [7, 11) is 0. The van der Waals surface area contributed by atoms with Crippen molar-refractivity contribution in [2.75, 3.05) is 0 Å². The van der Waals surface area contributed by atoms with Crippen LogP contribution in [0.2, 0.25) is 0 Å². The molecule has 0 saturated carbocycles. The van der Waals surface area contributed by atoms with Gasteiger partial charge in [-0.1, -0.05) is 53.6 Å². The molecular formula is C42H16BF20N5. The first-order valence-corrected chi connectivity index (χ1v) is 18.3. The third-order valence-electron chi connectivity index (χ3n) is 10.2.